The van der Waals surface area contributed by atoms with E-state index in [4.69, 9.17) is 0 Å². The average molecular weight is 156 g/mol. The molecule has 0 aliphatic carbocycles. The van der Waals surface area contributed by atoms with Crippen molar-refractivity contribution in [2.24, 2.45) is 0 Å². The third kappa shape index (κ3) is 1.08. The van der Waals surface area contributed by atoms with Crippen molar-refractivity contribution in [2.75, 3.05) is 20.1 Å². The maximum atomic E-state index is 9.62. The molecule has 2 fully saturated rings. The van der Waals surface area contributed by atoms with Gasteiger partial charge >= 0.3 is 0 Å². The number of likely N-dealkylation sites (N-methyl/N-ethyl adjacent to an activating group) is 1. The van der Waals surface area contributed by atoms with Gasteiger partial charge in [0.1, 0.15) is 0 Å². The van der Waals surface area contributed by atoms with Gasteiger partial charge in [0.2, 0.25) is 0 Å². The van der Waals surface area contributed by atoms with E-state index in [1.54, 1.807) is 0 Å². The van der Waals surface area contributed by atoms with E-state index in [1.165, 1.54) is 6.42 Å². The van der Waals surface area contributed by atoms with Crippen molar-refractivity contribution in [3.05, 3.63) is 0 Å². The molecule has 0 aromatic carbocycles. The van der Waals surface area contributed by atoms with Crippen LogP contribution in [0, 0.1) is 0 Å². The lowest BCUT2D eigenvalue weighted by Gasteiger charge is -2.22. The van der Waals surface area contributed by atoms with E-state index >= 15 is 0 Å². The van der Waals surface area contributed by atoms with Crippen LogP contribution in [-0.2, 0) is 0 Å². The third-order valence-corrected chi connectivity index (χ3v) is 3.04. The van der Waals surface area contributed by atoms with Crippen LogP contribution < -0.4 is 5.32 Å². The second-order valence-corrected chi connectivity index (χ2v) is 3.57. The molecule has 0 spiro atoms. The first-order chi connectivity index (χ1) is 5.33. The molecule has 2 aliphatic heterocycles. The predicted octanol–water partition coefficient (Wildman–Crippen LogP) is -0.587. The summed E-state index contributed by atoms with van der Waals surface area (Å²) in [6.45, 7) is 2.25. The SMILES string of the molecule is CNC1CCN2CCC(O)C12. The molecule has 11 heavy (non-hydrogen) atoms. The second kappa shape index (κ2) is 2.73. The highest BCUT2D eigenvalue weighted by Crippen LogP contribution is 2.27. The Bertz CT molecular complexity index is 151. The summed E-state index contributed by atoms with van der Waals surface area (Å²) in [5.41, 5.74) is 0. The minimum Gasteiger partial charge on any atom is -0.391 e. The van der Waals surface area contributed by atoms with Crippen molar-refractivity contribution in [1.82, 2.24) is 10.2 Å². The van der Waals surface area contributed by atoms with E-state index in [-0.39, 0.29) is 6.10 Å². The van der Waals surface area contributed by atoms with Gasteiger partial charge in [0, 0.05) is 19.1 Å². The fourth-order valence-electron chi connectivity index (χ4n) is 2.44. The highest BCUT2D eigenvalue weighted by atomic mass is 16.3. The third-order valence-electron chi connectivity index (χ3n) is 3.04. The van der Waals surface area contributed by atoms with Crippen LogP contribution in [0.5, 0.6) is 0 Å². The van der Waals surface area contributed by atoms with Crippen LogP contribution in [0.2, 0.25) is 0 Å². The Morgan fingerprint density at radius 2 is 2.09 bits per heavy atom. The summed E-state index contributed by atoms with van der Waals surface area (Å²) in [6, 6.07) is 0.924. The van der Waals surface area contributed by atoms with Crippen LogP contribution >= 0.6 is 0 Å². The molecule has 0 amide bonds. The Morgan fingerprint density at radius 1 is 1.36 bits per heavy atom. The van der Waals surface area contributed by atoms with Gasteiger partial charge in [-0.15, -0.1) is 0 Å². The van der Waals surface area contributed by atoms with Gasteiger partial charge in [-0.3, -0.25) is 4.90 Å². The molecular weight excluding hydrogens is 140 g/mol. The molecule has 2 N–H and O–H groups in total. The number of hydrogen-bond donors (Lipinski definition) is 2. The first-order valence-corrected chi connectivity index (χ1v) is 4.42. The molecular formula is C8H16N2O. The summed E-state index contributed by atoms with van der Waals surface area (Å²) in [7, 11) is 1.99. The van der Waals surface area contributed by atoms with Gasteiger partial charge in [-0.2, -0.15) is 0 Å². The highest BCUT2D eigenvalue weighted by Gasteiger charge is 2.42. The largest absolute Gasteiger partial charge is 0.391 e. The van der Waals surface area contributed by atoms with Crippen molar-refractivity contribution < 1.29 is 5.11 Å². The summed E-state index contributed by atoms with van der Waals surface area (Å²) in [5.74, 6) is 0. The number of hydrogen-bond acceptors (Lipinski definition) is 3. The Labute approximate surface area is 67.4 Å². The molecule has 0 aromatic rings. The topological polar surface area (TPSA) is 35.5 Å². The summed E-state index contributed by atoms with van der Waals surface area (Å²) in [6.07, 6.45) is 2.07. The van der Waals surface area contributed by atoms with Gasteiger partial charge in [0.25, 0.3) is 0 Å². The van der Waals surface area contributed by atoms with Gasteiger partial charge in [-0.25, -0.2) is 0 Å². The number of fused-ring (bicyclic) bond motifs is 1. The van der Waals surface area contributed by atoms with Crippen LogP contribution in [0.4, 0.5) is 0 Å². The van der Waals surface area contributed by atoms with E-state index in [0.717, 1.165) is 19.5 Å². The zero-order valence-electron chi connectivity index (χ0n) is 6.95. The fraction of sp³-hybridized carbons (Fsp3) is 1.00. The molecule has 3 heteroatoms. The summed E-state index contributed by atoms with van der Waals surface area (Å²) in [4.78, 5) is 2.39. The zero-order chi connectivity index (χ0) is 7.84. The molecule has 64 valence electrons. The highest BCUT2D eigenvalue weighted by molar-refractivity contribution is 4.99. The Morgan fingerprint density at radius 3 is 2.82 bits per heavy atom. The summed E-state index contributed by atoms with van der Waals surface area (Å²) >= 11 is 0. The van der Waals surface area contributed by atoms with Crippen LogP contribution in [0.25, 0.3) is 0 Å². The van der Waals surface area contributed by atoms with Crippen molar-refractivity contribution in [1.29, 1.82) is 0 Å². The van der Waals surface area contributed by atoms with Crippen LogP contribution in [-0.4, -0.2) is 48.3 Å². The van der Waals surface area contributed by atoms with Gasteiger partial charge < -0.3 is 10.4 Å². The van der Waals surface area contributed by atoms with Crippen LogP contribution in [0.1, 0.15) is 12.8 Å². The Kier molecular flexibility index (Phi) is 1.87. The lowest BCUT2D eigenvalue weighted by atomic mass is 10.0. The number of nitrogens with zero attached hydrogens (tertiary/aromatic N) is 1. The first-order valence-electron chi connectivity index (χ1n) is 4.42. The smallest absolute Gasteiger partial charge is 0.0722 e. The molecule has 2 saturated heterocycles. The predicted molar refractivity (Wildman–Crippen MR) is 43.4 cm³/mol. The molecule has 0 aromatic heterocycles. The lowest BCUT2D eigenvalue weighted by molar-refractivity contribution is 0.123. The van der Waals surface area contributed by atoms with Crippen molar-refractivity contribution >= 4 is 0 Å². The van der Waals surface area contributed by atoms with Crippen molar-refractivity contribution in [3.8, 4) is 0 Å². The van der Waals surface area contributed by atoms with Crippen LogP contribution in [0.3, 0.4) is 0 Å². The van der Waals surface area contributed by atoms with Crippen molar-refractivity contribution in [2.45, 2.75) is 31.0 Å². The van der Waals surface area contributed by atoms with Gasteiger partial charge in [0.05, 0.1) is 12.1 Å². The number of rotatable bonds is 1. The Balaban J connectivity index is 2.07. The molecule has 0 radical (unpaired) electrons. The maximum absolute atomic E-state index is 9.62. The first kappa shape index (κ1) is 7.53. The molecule has 0 saturated carbocycles. The van der Waals surface area contributed by atoms with Crippen molar-refractivity contribution in [3.63, 3.8) is 0 Å². The van der Waals surface area contributed by atoms with E-state index in [2.05, 4.69) is 10.2 Å². The summed E-state index contributed by atoms with van der Waals surface area (Å²) in [5, 5.41) is 12.9. The number of aliphatic hydroxyl groups is 1. The van der Waals surface area contributed by atoms with E-state index in [1.807, 2.05) is 7.05 Å². The minimum atomic E-state index is -0.0880. The number of aliphatic hydroxyl groups excluding tert-OH is 1. The lowest BCUT2D eigenvalue weighted by Crippen LogP contribution is -2.43. The van der Waals surface area contributed by atoms with Crippen LogP contribution in [0.15, 0.2) is 0 Å². The zero-order valence-corrected chi connectivity index (χ0v) is 6.95. The second-order valence-electron chi connectivity index (χ2n) is 3.57. The molecule has 3 atom stereocenters. The average Bonchev–Trinajstić information content (AvgIpc) is 2.54. The molecule has 3 unspecified atom stereocenters. The number of nitrogens with one attached hydrogen (secondary N) is 1. The fourth-order valence-corrected chi connectivity index (χ4v) is 2.44. The normalized spacial score (nSPS) is 44.7. The van der Waals surface area contributed by atoms with Gasteiger partial charge in [-0.1, -0.05) is 0 Å². The minimum absolute atomic E-state index is 0.0880. The molecule has 0 bridgehead atoms. The molecule has 3 nitrogen and oxygen atoms in total. The van der Waals surface area contributed by atoms with E-state index in [9.17, 15) is 5.11 Å². The Hall–Kier alpha value is -0.120. The molecule has 2 rings (SSSR count). The van der Waals surface area contributed by atoms with Gasteiger partial charge in [0.15, 0.2) is 0 Å². The van der Waals surface area contributed by atoms with Gasteiger partial charge in [-0.05, 0) is 19.9 Å². The summed E-state index contributed by atoms with van der Waals surface area (Å²) < 4.78 is 0. The van der Waals surface area contributed by atoms with E-state index < -0.39 is 0 Å². The maximum Gasteiger partial charge on any atom is 0.0722 e. The molecule has 2 aliphatic rings. The molecule has 2 heterocycles. The quantitative estimate of drug-likeness (QED) is 0.533. The standard InChI is InChI=1S/C8H16N2O/c1-9-6-2-4-10-5-3-7(11)8(6)10/h6-9,11H,2-5H2,1H3. The monoisotopic (exact) mass is 156 g/mol. The van der Waals surface area contributed by atoms with E-state index in [0.29, 0.717) is 12.1 Å².